The number of fused-ring (bicyclic) bond motifs is 3. The maximum Gasteiger partial charge on any atom is 0.410 e. The van der Waals surface area contributed by atoms with Crippen molar-refractivity contribution in [1.29, 1.82) is 0 Å². The molecule has 0 N–H and O–H groups in total. The third kappa shape index (κ3) is 3.81. The first-order chi connectivity index (χ1) is 13.3. The Balaban J connectivity index is 1.37. The minimum absolute atomic E-state index is 0.00550. The number of nitrogens with zero attached hydrogens (tertiary/aromatic N) is 3. The summed E-state index contributed by atoms with van der Waals surface area (Å²) < 4.78 is 11.1. The SMILES string of the molecule is CC(C)(C)OC(=O)N1C2CCC1CN(CCN1C(=O)COc3ccccc31)C2. The van der Waals surface area contributed by atoms with Crippen LogP contribution in [-0.2, 0) is 9.53 Å². The van der Waals surface area contributed by atoms with Crippen LogP contribution in [0.25, 0.3) is 0 Å². The van der Waals surface area contributed by atoms with Gasteiger partial charge in [-0.3, -0.25) is 14.6 Å². The average Bonchev–Trinajstić information content (AvgIpc) is 2.90. The molecule has 0 aromatic heterocycles. The number of rotatable bonds is 3. The molecule has 2 bridgehead atoms. The Morgan fingerprint density at radius 3 is 2.50 bits per heavy atom. The maximum absolute atomic E-state index is 12.6. The molecule has 2 unspecified atom stereocenters. The Bertz CT molecular complexity index is 746. The van der Waals surface area contributed by atoms with Crippen molar-refractivity contribution in [2.75, 3.05) is 37.7 Å². The summed E-state index contributed by atoms with van der Waals surface area (Å²) in [6, 6.07) is 8.06. The van der Waals surface area contributed by atoms with Crippen LogP contribution in [0.3, 0.4) is 0 Å². The molecule has 4 rings (SSSR count). The molecule has 1 aromatic rings. The first-order valence-electron chi connectivity index (χ1n) is 10.1. The number of amides is 2. The number of likely N-dealkylation sites (tertiary alicyclic amines) is 1. The Morgan fingerprint density at radius 1 is 1.14 bits per heavy atom. The third-order valence-electron chi connectivity index (χ3n) is 5.61. The first-order valence-corrected chi connectivity index (χ1v) is 10.1. The van der Waals surface area contributed by atoms with E-state index in [0.29, 0.717) is 6.54 Å². The molecule has 28 heavy (non-hydrogen) atoms. The Morgan fingerprint density at radius 2 is 1.82 bits per heavy atom. The van der Waals surface area contributed by atoms with Gasteiger partial charge in [0, 0.05) is 38.3 Å². The summed E-state index contributed by atoms with van der Waals surface area (Å²) >= 11 is 0. The van der Waals surface area contributed by atoms with Crippen LogP contribution >= 0.6 is 0 Å². The number of carbonyl (C=O) groups excluding carboxylic acids is 2. The predicted octanol–water partition coefficient (Wildman–Crippen LogP) is 2.50. The molecule has 7 heteroatoms. The fourth-order valence-corrected chi connectivity index (χ4v) is 4.43. The van der Waals surface area contributed by atoms with Crippen molar-refractivity contribution in [1.82, 2.24) is 9.80 Å². The average molecular weight is 387 g/mol. The Kier molecular flexibility index (Phi) is 4.95. The van der Waals surface area contributed by atoms with E-state index in [4.69, 9.17) is 9.47 Å². The molecule has 0 spiro atoms. The van der Waals surface area contributed by atoms with E-state index in [1.54, 1.807) is 0 Å². The van der Waals surface area contributed by atoms with E-state index in [-0.39, 0.29) is 30.7 Å². The van der Waals surface area contributed by atoms with Crippen LogP contribution in [0.2, 0.25) is 0 Å². The van der Waals surface area contributed by atoms with Crippen LogP contribution in [0.15, 0.2) is 24.3 Å². The molecule has 3 aliphatic heterocycles. The number of hydrogen-bond donors (Lipinski definition) is 0. The number of carbonyl (C=O) groups is 2. The molecule has 2 amide bonds. The zero-order valence-corrected chi connectivity index (χ0v) is 16.9. The summed E-state index contributed by atoms with van der Waals surface area (Å²) in [6.07, 6.45) is 1.83. The zero-order chi connectivity index (χ0) is 19.9. The van der Waals surface area contributed by atoms with Gasteiger partial charge in [-0.25, -0.2) is 4.79 Å². The summed E-state index contributed by atoms with van der Waals surface area (Å²) in [6.45, 7) is 8.88. The number of piperazine rings is 1. The van der Waals surface area contributed by atoms with Crippen molar-refractivity contribution in [3.63, 3.8) is 0 Å². The lowest BCUT2D eigenvalue weighted by molar-refractivity contribution is -0.121. The molecular formula is C21H29N3O4. The van der Waals surface area contributed by atoms with Crippen molar-refractivity contribution < 1.29 is 19.1 Å². The normalized spacial score (nSPS) is 24.8. The van der Waals surface area contributed by atoms with Gasteiger partial charge in [0.2, 0.25) is 0 Å². The number of para-hydroxylation sites is 2. The second-order valence-corrected chi connectivity index (χ2v) is 8.83. The number of benzene rings is 1. The van der Waals surface area contributed by atoms with Crippen molar-refractivity contribution in [3.8, 4) is 5.75 Å². The van der Waals surface area contributed by atoms with Crippen molar-refractivity contribution in [2.24, 2.45) is 0 Å². The molecule has 0 radical (unpaired) electrons. The van der Waals surface area contributed by atoms with E-state index in [0.717, 1.165) is 43.9 Å². The predicted molar refractivity (Wildman–Crippen MR) is 106 cm³/mol. The van der Waals surface area contributed by atoms with E-state index in [1.165, 1.54) is 0 Å². The molecule has 7 nitrogen and oxygen atoms in total. The largest absolute Gasteiger partial charge is 0.482 e. The van der Waals surface area contributed by atoms with Crippen LogP contribution in [0.1, 0.15) is 33.6 Å². The molecule has 3 heterocycles. The summed E-state index contributed by atoms with van der Waals surface area (Å²) in [5, 5.41) is 0. The van der Waals surface area contributed by atoms with Crippen LogP contribution < -0.4 is 9.64 Å². The number of anilines is 1. The molecule has 0 aliphatic carbocycles. The van der Waals surface area contributed by atoms with Gasteiger partial charge < -0.3 is 14.4 Å². The van der Waals surface area contributed by atoms with E-state index < -0.39 is 5.60 Å². The van der Waals surface area contributed by atoms with Crippen LogP contribution in [0.4, 0.5) is 10.5 Å². The highest BCUT2D eigenvalue weighted by Crippen LogP contribution is 2.33. The van der Waals surface area contributed by atoms with Gasteiger partial charge in [0.25, 0.3) is 5.91 Å². The summed E-state index contributed by atoms with van der Waals surface area (Å²) in [4.78, 5) is 31.1. The van der Waals surface area contributed by atoms with Gasteiger partial charge in [-0.1, -0.05) is 12.1 Å². The van der Waals surface area contributed by atoms with Gasteiger partial charge in [-0.15, -0.1) is 0 Å². The number of ether oxygens (including phenoxy) is 2. The topological polar surface area (TPSA) is 62.3 Å². The van der Waals surface area contributed by atoms with E-state index in [2.05, 4.69) is 4.90 Å². The molecule has 152 valence electrons. The highest BCUT2D eigenvalue weighted by Gasteiger charge is 2.44. The standard InChI is InChI=1S/C21H29N3O4/c1-21(2,3)28-20(26)24-15-8-9-16(24)13-22(12-15)10-11-23-17-6-4-5-7-18(17)27-14-19(23)25/h4-7,15-16H,8-14H2,1-3H3. The lowest BCUT2D eigenvalue weighted by Crippen LogP contribution is -2.57. The van der Waals surface area contributed by atoms with Gasteiger partial charge in [-0.2, -0.15) is 0 Å². The second-order valence-electron chi connectivity index (χ2n) is 8.83. The fourth-order valence-electron chi connectivity index (χ4n) is 4.43. The van der Waals surface area contributed by atoms with Crippen LogP contribution in [-0.4, -0.2) is 72.3 Å². The van der Waals surface area contributed by atoms with Crippen molar-refractivity contribution in [2.45, 2.75) is 51.3 Å². The first kappa shape index (κ1) is 19.1. The van der Waals surface area contributed by atoms with Crippen LogP contribution in [0.5, 0.6) is 5.75 Å². The third-order valence-corrected chi connectivity index (χ3v) is 5.61. The smallest absolute Gasteiger partial charge is 0.410 e. The Hall–Kier alpha value is -2.28. The molecule has 2 atom stereocenters. The highest BCUT2D eigenvalue weighted by molar-refractivity contribution is 5.97. The van der Waals surface area contributed by atoms with Gasteiger partial charge in [-0.05, 0) is 45.7 Å². The minimum Gasteiger partial charge on any atom is -0.482 e. The minimum atomic E-state index is -0.474. The van der Waals surface area contributed by atoms with Crippen molar-refractivity contribution >= 4 is 17.7 Å². The molecule has 0 saturated carbocycles. The lowest BCUT2D eigenvalue weighted by Gasteiger charge is -2.42. The van der Waals surface area contributed by atoms with Crippen molar-refractivity contribution in [3.05, 3.63) is 24.3 Å². The number of hydrogen-bond acceptors (Lipinski definition) is 5. The zero-order valence-electron chi connectivity index (χ0n) is 16.9. The Labute approximate surface area is 166 Å². The molecule has 2 saturated heterocycles. The molecule has 3 aliphatic rings. The summed E-state index contributed by atoms with van der Waals surface area (Å²) in [5.41, 5.74) is 0.367. The second kappa shape index (κ2) is 7.28. The quantitative estimate of drug-likeness (QED) is 0.797. The van der Waals surface area contributed by atoms with E-state index in [1.807, 2.05) is 54.8 Å². The van der Waals surface area contributed by atoms with Gasteiger partial charge >= 0.3 is 6.09 Å². The van der Waals surface area contributed by atoms with Gasteiger partial charge in [0.1, 0.15) is 11.4 Å². The van der Waals surface area contributed by atoms with Crippen LogP contribution in [0, 0.1) is 0 Å². The van der Waals surface area contributed by atoms with E-state index in [9.17, 15) is 9.59 Å². The van der Waals surface area contributed by atoms with Gasteiger partial charge in [0.05, 0.1) is 5.69 Å². The molecule has 1 aromatic carbocycles. The van der Waals surface area contributed by atoms with Gasteiger partial charge in [0.15, 0.2) is 6.61 Å². The van der Waals surface area contributed by atoms with E-state index >= 15 is 0 Å². The maximum atomic E-state index is 12.6. The molecule has 2 fully saturated rings. The fraction of sp³-hybridized carbons (Fsp3) is 0.619. The summed E-state index contributed by atoms with van der Waals surface area (Å²) in [7, 11) is 0. The summed E-state index contributed by atoms with van der Waals surface area (Å²) in [5.74, 6) is 0.756. The lowest BCUT2D eigenvalue weighted by atomic mass is 10.1. The highest BCUT2D eigenvalue weighted by atomic mass is 16.6. The molecular weight excluding hydrogens is 358 g/mol. The monoisotopic (exact) mass is 387 g/mol.